The van der Waals surface area contributed by atoms with Gasteiger partial charge in [0.2, 0.25) is 5.91 Å². The highest BCUT2D eigenvalue weighted by Crippen LogP contribution is 2.24. The van der Waals surface area contributed by atoms with Crippen LogP contribution in [0, 0.1) is 6.92 Å². The predicted molar refractivity (Wildman–Crippen MR) is 85.8 cm³/mol. The van der Waals surface area contributed by atoms with Crippen molar-refractivity contribution in [3.05, 3.63) is 28.2 Å². The second kappa shape index (κ2) is 8.61. The van der Waals surface area contributed by atoms with E-state index in [4.69, 9.17) is 0 Å². The highest BCUT2D eigenvalue weighted by molar-refractivity contribution is 9.10. The van der Waals surface area contributed by atoms with E-state index < -0.39 is 0 Å². The Balaban J connectivity index is 2.33. The molecular formula is C14H21BrN2OS. The zero-order valence-electron chi connectivity index (χ0n) is 11.6. The molecule has 2 N–H and O–H groups in total. The Morgan fingerprint density at radius 3 is 2.84 bits per heavy atom. The summed E-state index contributed by atoms with van der Waals surface area (Å²) in [6.45, 7) is 7.77. The Morgan fingerprint density at radius 2 is 2.21 bits per heavy atom. The first-order chi connectivity index (χ1) is 9.02. The lowest BCUT2D eigenvalue weighted by Gasteiger charge is -2.13. The molecule has 0 aliphatic carbocycles. The smallest absolute Gasteiger partial charge is 0.230 e. The average Bonchev–Trinajstić information content (AvgIpc) is 2.35. The van der Waals surface area contributed by atoms with Crippen molar-refractivity contribution in [2.45, 2.75) is 31.7 Å². The molecule has 0 heterocycles. The Morgan fingerprint density at radius 1 is 1.47 bits per heavy atom. The standard InChI is InChI=1S/C14H21BrN2OS/c1-4-16-11(3)8-17-14(18)9-19-13-6-5-12(15)7-10(13)2/h5-7,11,16H,4,8-9H2,1-3H3,(H,17,18)/t11-/m1/s1. The van der Waals surface area contributed by atoms with Crippen molar-refractivity contribution < 1.29 is 4.79 Å². The minimum atomic E-state index is 0.0806. The van der Waals surface area contributed by atoms with E-state index in [0.29, 0.717) is 18.3 Å². The molecule has 0 saturated heterocycles. The minimum Gasteiger partial charge on any atom is -0.354 e. The highest BCUT2D eigenvalue weighted by Gasteiger charge is 2.06. The van der Waals surface area contributed by atoms with Gasteiger partial charge in [-0.15, -0.1) is 11.8 Å². The Labute approximate surface area is 128 Å². The van der Waals surface area contributed by atoms with Crippen molar-refractivity contribution in [1.82, 2.24) is 10.6 Å². The number of aryl methyl sites for hydroxylation is 1. The summed E-state index contributed by atoms with van der Waals surface area (Å²) in [5, 5.41) is 6.20. The number of likely N-dealkylation sites (N-methyl/N-ethyl adjacent to an activating group) is 1. The number of nitrogens with one attached hydrogen (secondary N) is 2. The molecule has 0 aromatic heterocycles. The summed E-state index contributed by atoms with van der Waals surface area (Å²) in [6.07, 6.45) is 0. The van der Waals surface area contributed by atoms with Crippen LogP contribution in [0.4, 0.5) is 0 Å². The van der Waals surface area contributed by atoms with Crippen molar-refractivity contribution in [3.8, 4) is 0 Å². The van der Waals surface area contributed by atoms with E-state index in [9.17, 15) is 4.79 Å². The van der Waals surface area contributed by atoms with Crippen LogP contribution in [0.1, 0.15) is 19.4 Å². The van der Waals surface area contributed by atoms with Gasteiger partial charge >= 0.3 is 0 Å². The van der Waals surface area contributed by atoms with Crippen LogP contribution in [-0.4, -0.2) is 30.8 Å². The Kier molecular flexibility index (Phi) is 7.49. The second-order valence-electron chi connectivity index (χ2n) is 4.46. The molecule has 1 aromatic rings. The largest absolute Gasteiger partial charge is 0.354 e. The quantitative estimate of drug-likeness (QED) is 0.747. The molecule has 1 rings (SSSR count). The van der Waals surface area contributed by atoms with Crippen LogP contribution in [0.2, 0.25) is 0 Å². The summed E-state index contributed by atoms with van der Waals surface area (Å²) >= 11 is 5.01. The predicted octanol–water partition coefficient (Wildman–Crippen LogP) is 2.96. The van der Waals surface area contributed by atoms with Gasteiger partial charge in [-0.1, -0.05) is 22.9 Å². The zero-order valence-corrected chi connectivity index (χ0v) is 14.0. The third kappa shape index (κ3) is 6.45. The van der Waals surface area contributed by atoms with E-state index in [0.717, 1.165) is 15.9 Å². The fourth-order valence-corrected chi connectivity index (χ4v) is 2.97. The summed E-state index contributed by atoms with van der Waals surface area (Å²) in [4.78, 5) is 12.9. The molecule has 0 radical (unpaired) electrons. The summed E-state index contributed by atoms with van der Waals surface area (Å²) < 4.78 is 1.07. The number of amides is 1. The van der Waals surface area contributed by atoms with Gasteiger partial charge in [-0.2, -0.15) is 0 Å². The van der Waals surface area contributed by atoms with Gasteiger partial charge in [-0.3, -0.25) is 4.79 Å². The first kappa shape index (κ1) is 16.5. The summed E-state index contributed by atoms with van der Waals surface area (Å²) in [7, 11) is 0. The van der Waals surface area contributed by atoms with Crippen LogP contribution in [0.25, 0.3) is 0 Å². The minimum absolute atomic E-state index is 0.0806. The van der Waals surface area contributed by atoms with Gasteiger partial charge in [0, 0.05) is 22.0 Å². The number of rotatable bonds is 7. The van der Waals surface area contributed by atoms with Gasteiger partial charge in [0.05, 0.1) is 5.75 Å². The van der Waals surface area contributed by atoms with Crippen LogP contribution >= 0.6 is 27.7 Å². The van der Waals surface area contributed by atoms with E-state index in [1.54, 1.807) is 11.8 Å². The van der Waals surface area contributed by atoms with E-state index in [-0.39, 0.29) is 5.91 Å². The van der Waals surface area contributed by atoms with Crippen molar-refractivity contribution in [2.75, 3.05) is 18.8 Å². The topological polar surface area (TPSA) is 41.1 Å². The van der Waals surface area contributed by atoms with Gasteiger partial charge in [0.1, 0.15) is 0 Å². The third-order valence-corrected chi connectivity index (χ3v) is 4.32. The van der Waals surface area contributed by atoms with Crippen LogP contribution in [-0.2, 0) is 4.79 Å². The lowest BCUT2D eigenvalue weighted by atomic mass is 10.2. The van der Waals surface area contributed by atoms with Crippen molar-refractivity contribution in [2.24, 2.45) is 0 Å². The van der Waals surface area contributed by atoms with Crippen molar-refractivity contribution in [3.63, 3.8) is 0 Å². The fourth-order valence-electron chi connectivity index (χ4n) is 1.66. The SMILES string of the molecule is CCN[C@H](C)CNC(=O)CSc1ccc(Br)cc1C. The number of hydrogen-bond acceptors (Lipinski definition) is 3. The number of thioether (sulfide) groups is 1. The van der Waals surface area contributed by atoms with Gasteiger partial charge in [0.15, 0.2) is 0 Å². The number of carbonyl (C=O) groups is 1. The van der Waals surface area contributed by atoms with E-state index >= 15 is 0 Å². The molecule has 106 valence electrons. The maximum absolute atomic E-state index is 11.7. The Hall–Kier alpha value is -0.520. The molecule has 1 aromatic carbocycles. The first-order valence-corrected chi connectivity index (χ1v) is 8.19. The zero-order chi connectivity index (χ0) is 14.3. The van der Waals surface area contributed by atoms with Crippen LogP contribution in [0.3, 0.4) is 0 Å². The molecule has 0 fully saturated rings. The third-order valence-electron chi connectivity index (χ3n) is 2.65. The number of carbonyl (C=O) groups excluding carboxylic acids is 1. The highest BCUT2D eigenvalue weighted by atomic mass is 79.9. The Bertz CT molecular complexity index is 426. The molecule has 5 heteroatoms. The molecule has 0 unspecified atom stereocenters. The van der Waals surface area contributed by atoms with Gasteiger partial charge in [-0.25, -0.2) is 0 Å². The summed E-state index contributed by atoms with van der Waals surface area (Å²) in [6, 6.07) is 6.42. The van der Waals surface area contributed by atoms with Gasteiger partial charge < -0.3 is 10.6 Å². The summed E-state index contributed by atoms with van der Waals surface area (Å²) in [5.41, 5.74) is 1.19. The fraction of sp³-hybridized carbons (Fsp3) is 0.500. The van der Waals surface area contributed by atoms with Crippen LogP contribution in [0.5, 0.6) is 0 Å². The number of halogens is 1. The molecule has 0 aliphatic heterocycles. The number of benzene rings is 1. The van der Waals surface area contributed by atoms with E-state index in [2.05, 4.69) is 53.4 Å². The van der Waals surface area contributed by atoms with Crippen molar-refractivity contribution >= 4 is 33.6 Å². The van der Waals surface area contributed by atoms with Gasteiger partial charge in [-0.05, 0) is 44.2 Å². The van der Waals surface area contributed by atoms with Crippen molar-refractivity contribution in [1.29, 1.82) is 0 Å². The summed E-state index contributed by atoms with van der Waals surface area (Å²) in [5.74, 6) is 0.540. The molecule has 3 nitrogen and oxygen atoms in total. The molecular weight excluding hydrogens is 324 g/mol. The average molecular weight is 345 g/mol. The monoisotopic (exact) mass is 344 g/mol. The van der Waals surface area contributed by atoms with E-state index in [1.165, 1.54) is 5.56 Å². The maximum atomic E-state index is 11.7. The number of hydrogen-bond donors (Lipinski definition) is 2. The molecule has 0 spiro atoms. The second-order valence-corrected chi connectivity index (χ2v) is 6.39. The van der Waals surface area contributed by atoms with Crippen LogP contribution in [0.15, 0.2) is 27.6 Å². The normalized spacial score (nSPS) is 12.2. The molecule has 0 aliphatic rings. The molecule has 0 bridgehead atoms. The van der Waals surface area contributed by atoms with Crippen LogP contribution < -0.4 is 10.6 Å². The molecule has 19 heavy (non-hydrogen) atoms. The lowest BCUT2D eigenvalue weighted by Crippen LogP contribution is -2.39. The lowest BCUT2D eigenvalue weighted by molar-refractivity contribution is -0.118. The van der Waals surface area contributed by atoms with E-state index in [1.807, 2.05) is 12.1 Å². The molecule has 0 saturated carbocycles. The molecule has 1 atom stereocenters. The first-order valence-electron chi connectivity index (χ1n) is 6.42. The van der Waals surface area contributed by atoms with Gasteiger partial charge in [0.25, 0.3) is 0 Å². The molecule has 1 amide bonds. The maximum Gasteiger partial charge on any atom is 0.230 e.